The number of nitrogens with two attached hydrogens (primary N) is 1. The first-order chi connectivity index (χ1) is 11.8. The van der Waals surface area contributed by atoms with Gasteiger partial charge < -0.3 is 20.5 Å². The van der Waals surface area contributed by atoms with Crippen LogP contribution in [0.3, 0.4) is 0 Å². The molecule has 5 heteroatoms. The molecule has 0 atom stereocenters. The monoisotopic (exact) mass is 338 g/mol. The van der Waals surface area contributed by atoms with Gasteiger partial charge in [-0.3, -0.25) is 0 Å². The second-order valence-electron chi connectivity index (χ2n) is 6.35. The molecule has 0 aliphatic heterocycles. The normalized spacial score (nSPS) is 10.4. The number of anilines is 1. The Morgan fingerprint density at radius 2 is 1.60 bits per heavy atom. The number of amides is 1. The minimum absolute atomic E-state index is 0.221. The van der Waals surface area contributed by atoms with Crippen molar-refractivity contribution in [3.63, 3.8) is 0 Å². The number of carbonyl (C=O) groups excluding carboxylic acids is 1. The lowest BCUT2D eigenvalue weighted by Crippen LogP contribution is -2.32. The lowest BCUT2D eigenvalue weighted by molar-refractivity contribution is 0.0535. The van der Waals surface area contributed by atoms with Crippen molar-refractivity contribution in [2.24, 2.45) is 0 Å². The second-order valence-corrected chi connectivity index (χ2v) is 6.35. The van der Waals surface area contributed by atoms with Crippen LogP contribution in [-0.4, -0.2) is 18.2 Å². The van der Waals surface area contributed by atoms with Gasteiger partial charge in [0.1, 0.15) is 17.1 Å². The molecule has 1 amide bonds. The van der Waals surface area contributed by atoms with E-state index >= 15 is 0 Å². The third-order valence-corrected chi connectivity index (χ3v) is 2.92. The van der Waals surface area contributed by atoms with Gasteiger partial charge in [0.05, 0.1) is 6.54 Å². The van der Waals surface area contributed by atoms with Crippen LogP contribution in [0.5, 0.6) is 11.5 Å². The van der Waals surface area contributed by atoms with Crippen molar-refractivity contribution in [2.75, 3.05) is 12.3 Å². The molecule has 0 saturated heterocycles. The molecule has 0 radical (unpaired) electrons. The maximum Gasteiger partial charge on any atom is 0.408 e. The number of rotatable bonds is 3. The third kappa shape index (κ3) is 6.88. The van der Waals surface area contributed by atoms with E-state index in [1.807, 2.05) is 57.2 Å². The average Bonchev–Trinajstić information content (AvgIpc) is 2.54. The lowest BCUT2D eigenvalue weighted by Gasteiger charge is -2.18. The highest BCUT2D eigenvalue weighted by Crippen LogP contribution is 2.22. The zero-order valence-corrected chi connectivity index (χ0v) is 14.6. The number of alkyl carbamates (subject to hydrolysis) is 1. The van der Waals surface area contributed by atoms with Gasteiger partial charge in [0, 0.05) is 11.3 Å². The van der Waals surface area contributed by atoms with E-state index in [-0.39, 0.29) is 6.54 Å². The molecule has 25 heavy (non-hydrogen) atoms. The molecule has 0 heterocycles. The van der Waals surface area contributed by atoms with Crippen LogP contribution in [-0.2, 0) is 4.74 Å². The number of hydrogen-bond acceptors (Lipinski definition) is 4. The van der Waals surface area contributed by atoms with Crippen LogP contribution in [0, 0.1) is 11.8 Å². The number of hydrogen-bond donors (Lipinski definition) is 2. The maximum atomic E-state index is 11.5. The van der Waals surface area contributed by atoms with Crippen LogP contribution in [0.1, 0.15) is 26.3 Å². The van der Waals surface area contributed by atoms with Crippen molar-refractivity contribution in [1.82, 2.24) is 5.32 Å². The molecule has 0 aliphatic carbocycles. The Hall–Kier alpha value is -3.13. The van der Waals surface area contributed by atoms with Crippen LogP contribution < -0.4 is 15.8 Å². The Morgan fingerprint density at radius 3 is 2.16 bits per heavy atom. The molecule has 130 valence electrons. The molecule has 2 aromatic carbocycles. The van der Waals surface area contributed by atoms with E-state index in [1.54, 1.807) is 12.1 Å². The SMILES string of the molecule is CC(C)(C)OC(=O)NCC#Cc1ccc(Oc2ccc(N)cc2)cc1. The third-order valence-electron chi connectivity index (χ3n) is 2.92. The lowest BCUT2D eigenvalue weighted by atomic mass is 10.2. The van der Waals surface area contributed by atoms with Gasteiger partial charge in [-0.1, -0.05) is 11.8 Å². The number of nitrogen functional groups attached to an aromatic ring is 1. The quantitative estimate of drug-likeness (QED) is 0.657. The Labute approximate surface area is 148 Å². The summed E-state index contributed by atoms with van der Waals surface area (Å²) in [6.45, 7) is 5.66. The second kappa shape index (κ2) is 8.11. The minimum Gasteiger partial charge on any atom is -0.457 e. The number of nitrogens with one attached hydrogen (secondary N) is 1. The fraction of sp³-hybridized carbons (Fsp3) is 0.250. The highest BCUT2D eigenvalue weighted by molar-refractivity contribution is 5.68. The molecule has 0 spiro atoms. The topological polar surface area (TPSA) is 73.6 Å². The van der Waals surface area contributed by atoms with Crippen molar-refractivity contribution < 1.29 is 14.3 Å². The van der Waals surface area contributed by atoms with Crippen molar-refractivity contribution >= 4 is 11.8 Å². The number of carbonyl (C=O) groups is 1. The number of benzene rings is 2. The van der Waals surface area contributed by atoms with Crippen LogP contribution >= 0.6 is 0 Å². The highest BCUT2D eigenvalue weighted by atomic mass is 16.6. The van der Waals surface area contributed by atoms with Gasteiger partial charge in [-0.2, -0.15) is 0 Å². The molecule has 3 N–H and O–H groups in total. The van der Waals surface area contributed by atoms with Crippen molar-refractivity contribution in [2.45, 2.75) is 26.4 Å². The summed E-state index contributed by atoms with van der Waals surface area (Å²) < 4.78 is 10.8. The largest absolute Gasteiger partial charge is 0.457 e. The fourth-order valence-corrected chi connectivity index (χ4v) is 1.86. The molecule has 2 aromatic rings. The van der Waals surface area contributed by atoms with E-state index in [4.69, 9.17) is 15.2 Å². The van der Waals surface area contributed by atoms with Crippen LogP contribution in [0.4, 0.5) is 10.5 Å². The van der Waals surface area contributed by atoms with Crippen molar-refractivity contribution in [3.05, 3.63) is 54.1 Å². The number of ether oxygens (including phenoxy) is 2. The summed E-state index contributed by atoms with van der Waals surface area (Å²) in [6.07, 6.45) is -0.478. The molecule has 0 bridgehead atoms. The molecule has 0 aliphatic rings. The molecular formula is C20H22N2O3. The molecule has 0 aromatic heterocycles. The maximum absolute atomic E-state index is 11.5. The predicted molar refractivity (Wildman–Crippen MR) is 98.5 cm³/mol. The van der Waals surface area contributed by atoms with E-state index in [9.17, 15) is 4.79 Å². The zero-order chi connectivity index (χ0) is 18.3. The zero-order valence-electron chi connectivity index (χ0n) is 14.6. The predicted octanol–water partition coefficient (Wildman–Crippen LogP) is 3.94. The summed E-state index contributed by atoms with van der Waals surface area (Å²) in [4.78, 5) is 11.5. The van der Waals surface area contributed by atoms with E-state index in [2.05, 4.69) is 17.2 Å². The molecular weight excluding hydrogens is 316 g/mol. The highest BCUT2D eigenvalue weighted by Gasteiger charge is 2.14. The first-order valence-electron chi connectivity index (χ1n) is 7.91. The average molecular weight is 338 g/mol. The van der Waals surface area contributed by atoms with E-state index in [1.165, 1.54) is 0 Å². The van der Waals surface area contributed by atoms with Gasteiger partial charge in [0.15, 0.2) is 0 Å². The Bertz CT molecular complexity index is 764. The summed E-state index contributed by atoms with van der Waals surface area (Å²) in [5, 5.41) is 2.59. The molecule has 0 fully saturated rings. The first-order valence-corrected chi connectivity index (χ1v) is 7.91. The van der Waals surface area contributed by atoms with Crippen LogP contribution in [0.15, 0.2) is 48.5 Å². The van der Waals surface area contributed by atoms with E-state index in [0.29, 0.717) is 11.4 Å². The fourth-order valence-electron chi connectivity index (χ4n) is 1.86. The smallest absolute Gasteiger partial charge is 0.408 e. The Kier molecular flexibility index (Phi) is 5.91. The summed E-state index contributed by atoms with van der Waals surface area (Å²) in [7, 11) is 0. The Balaban J connectivity index is 1.84. The summed E-state index contributed by atoms with van der Waals surface area (Å²) >= 11 is 0. The minimum atomic E-state index is -0.516. The summed E-state index contributed by atoms with van der Waals surface area (Å²) in [5.41, 5.74) is 6.65. The summed E-state index contributed by atoms with van der Waals surface area (Å²) in [5.74, 6) is 7.27. The van der Waals surface area contributed by atoms with E-state index < -0.39 is 11.7 Å². The van der Waals surface area contributed by atoms with Gasteiger partial charge in [0.2, 0.25) is 0 Å². The molecule has 5 nitrogen and oxygen atoms in total. The van der Waals surface area contributed by atoms with Gasteiger partial charge in [-0.05, 0) is 69.3 Å². The molecule has 2 rings (SSSR count). The van der Waals surface area contributed by atoms with Gasteiger partial charge in [-0.15, -0.1) is 0 Å². The van der Waals surface area contributed by atoms with Crippen molar-refractivity contribution in [3.8, 4) is 23.3 Å². The standard InChI is InChI=1S/C20H22N2O3/c1-20(2,3)25-19(23)22-14-4-5-15-6-10-17(11-7-15)24-18-12-8-16(21)9-13-18/h6-13H,14,21H2,1-3H3,(H,22,23). The van der Waals surface area contributed by atoms with Gasteiger partial charge in [-0.25, -0.2) is 4.79 Å². The van der Waals surface area contributed by atoms with Crippen LogP contribution in [0.25, 0.3) is 0 Å². The molecule has 0 saturated carbocycles. The van der Waals surface area contributed by atoms with E-state index in [0.717, 1.165) is 11.3 Å². The Morgan fingerprint density at radius 1 is 1.04 bits per heavy atom. The molecule has 0 unspecified atom stereocenters. The van der Waals surface area contributed by atoms with Gasteiger partial charge >= 0.3 is 6.09 Å². The summed E-state index contributed by atoms with van der Waals surface area (Å²) in [6, 6.07) is 14.6. The first kappa shape index (κ1) is 18.2. The van der Waals surface area contributed by atoms with Gasteiger partial charge in [0.25, 0.3) is 0 Å². The van der Waals surface area contributed by atoms with Crippen molar-refractivity contribution in [1.29, 1.82) is 0 Å². The van der Waals surface area contributed by atoms with Crippen LogP contribution in [0.2, 0.25) is 0 Å².